The van der Waals surface area contributed by atoms with Gasteiger partial charge in [-0.05, 0) is 49.9 Å². The smallest absolute Gasteiger partial charge is 0.228 e. The predicted molar refractivity (Wildman–Crippen MR) is 212 cm³/mol. The summed E-state index contributed by atoms with van der Waals surface area (Å²) in [6, 6.07) is 18.4. The van der Waals surface area contributed by atoms with E-state index < -0.39 is 0 Å². The van der Waals surface area contributed by atoms with Crippen LogP contribution in [0.4, 0.5) is 0 Å². The SMILES string of the molecule is COc1cc(-n2ccc3c(-c4cccc(-c5ccc(CNC[C@@H]6CCC(=O)N6)c(OC)n5)c4Cl)ccnc32)cc(OC)c1CN1CC(C)(C(=O)NC2CC2)C1. The van der Waals surface area contributed by atoms with E-state index in [2.05, 4.69) is 20.9 Å². The first kappa shape index (κ1) is 36.8. The Kier molecular flexibility index (Phi) is 10.1. The van der Waals surface area contributed by atoms with Gasteiger partial charge >= 0.3 is 0 Å². The average molecular weight is 764 g/mol. The Hall–Kier alpha value is -5.17. The first-order chi connectivity index (χ1) is 26.7. The molecule has 2 saturated heterocycles. The quantitative estimate of drug-likeness (QED) is 0.127. The number of methoxy groups -OCH3 is 3. The topological polar surface area (TPSA) is 132 Å². The second kappa shape index (κ2) is 15.2. The van der Waals surface area contributed by atoms with E-state index in [-0.39, 0.29) is 23.3 Å². The van der Waals surface area contributed by atoms with Crippen LogP contribution in [0.2, 0.25) is 5.02 Å². The maximum Gasteiger partial charge on any atom is 0.228 e. The summed E-state index contributed by atoms with van der Waals surface area (Å²) >= 11 is 7.21. The third kappa shape index (κ3) is 7.33. The minimum absolute atomic E-state index is 0.102. The molecule has 1 saturated carbocycles. The molecule has 3 N–H and O–H groups in total. The number of carbonyl (C=O) groups is 2. The molecule has 5 heterocycles. The fourth-order valence-corrected chi connectivity index (χ4v) is 8.16. The number of amides is 2. The van der Waals surface area contributed by atoms with E-state index in [4.69, 9.17) is 35.8 Å². The Morgan fingerprint density at radius 3 is 2.44 bits per heavy atom. The number of ether oxygens (including phenoxy) is 3. The Balaban J connectivity index is 1.04. The van der Waals surface area contributed by atoms with Gasteiger partial charge in [-0.3, -0.25) is 14.5 Å². The molecule has 13 heteroatoms. The predicted octanol–water partition coefficient (Wildman–Crippen LogP) is 5.90. The van der Waals surface area contributed by atoms with E-state index in [0.717, 1.165) is 63.8 Å². The monoisotopic (exact) mass is 763 g/mol. The number of pyridine rings is 2. The lowest BCUT2D eigenvalue weighted by Crippen LogP contribution is -2.61. The van der Waals surface area contributed by atoms with Crippen LogP contribution in [0.3, 0.4) is 0 Å². The van der Waals surface area contributed by atoms with Crippen LogP contribution in [0.1, 0.15) is 43.7 Å². The molecule has 0 spiro atoms. The Morgan fingerprint density at radius 2 is 1.75 bits per heavy atom. The number of carbonyl (C=O) groups excluding carboxylic acids is 2. The van der Waals surface area contributed by atoms with E-state index in [0.29, 0.717) is 73.3 Å². The molecule has 0 unspecified atom stereocenters. The number of halogens is 1. The molecule has 3 aliphatic rings. The molecule has 5 aromatic rings. The van der Waals surface area contributed by atoms with E-state index in [9.17, 15) is 9.59 Å². The van der Waals surface area contributed by atoms with Crippen molar-refractivity contribution in [1.29, 1.82) is 0 Å². The molecule has 8 rings (SSSR count). The van der Waals surface area contributed by atoms with Gasteiger partial charge in [0.05, 0.1) is 48.7 Å². The van der Waals surface area contributed by atoms with E-state index in [1.807, 2.05) is 72.3 Å². The maximum atomic E-state index is 12.8. The van der Waals surface area contributed by atoms with Crippen molar-refractivity contribution in [2.75, 3.05) is 41.0 Å². The van der Waals surface area contributed by atoms with Gasteiger partial charge in [-0.2, -0.15) is 0 Å². The maximum absolute atomic E-state index is 12.8. The third-order valence-corrected chi connectivity index (χ3v) is 11.3. The van der Waals surface area contributed by atoms with Crippen LogP contribution in [0.15, 0.2) is 67.0 Å². The lowest BCUT2D eigenvalue weighted by atomic mass is 9.80. The highest BCUT2D eigenvalue weighted by Crippen LogP contribution is 2.42. The van der Waals surface area contributed by atoms with Crippen LogP contribution < -0.4 is 30.2 Å². The van der Waals surface area contributed by atoms with Gasteiger partial charge in [0.2, 0.25) is 17.7 Å². The number of aromatic nitrogens is 3. The standard InChI is InChI=1S/C42H46ClN7O5/c1-42(41(52)47-26-9-10-26)23-49(24-42)22-33-35(53-2)18-28(19-36(33)54-3)50-17-15-31-29(14-16-45-39(31)50)30-6-5-7-32(38(30)43)34-12-8-25(40(48-34)55-4)20-44-21-27-11-13-37(51)46-27/h5-8,12,14-19,26-27,44H,9-11,13,20-24H2,1-4H3,(H,46,51)(H,47,52)/t27-/m0/s1. The number of hydrogen-bond donors (Lipinski definition) is 3. The van der Waals surface area contributed by atoms with Gasteiger partial charge in [-0.1, -0.05) is 35.9 Å². The summed E-state index contributed by atoms with van der Waals surface area (Å²) in [5, 5.41) is 11.1. The van der Waals surface area contributed by atoms with Crippen molar-refractivity contribution < 1.29 is 23.8 Å². The molecule has 3 aromatic heterocycles. The zero-order valence-electron chi connectivity index (χ0n) is 31.6. The molecular weight excluding hydrogens is 718 g/mol. The molecule has 2 amide bonds. The largest absolute Gasteiger partial charge is 0.496 e. The van der Waals surface area contributed by atoms with Gasteiger partial charge in [-0.25, -0.2) is 9.97 Å². The zero-order valence-corrected chi connectivity index (χ0v) is 32.3. The van der Waals surface area contributed by atoms with E-state index in [1.165, 1.54) is 0 Å². The number of hydrogen-bond acceptors (Lipinski definition) is 9. The highest BCUT2D eigenvalue weighted by molar-refractivity contribution is 6.36. The summed E-state index contributed by atoms with van der Waals surface area (Å²) in [7, 11) is 4.94. The molecule has 3 fully saturated rings. The van der Waals surface area contributed by atoms with Crippen LogP contribution in [0.5, 0.6) is 17.4 Å². The number of nitrogens with one attached hydrogen (secondary N) is 3. The second-order valence-corrected chi connectivity index (χ2v) is 15.4. The van der Waals surface area contributed by atoms with Gasteiger partial charge in [0, 0.05) is 97.8 Å². The van der Waals surface area contributed by atoms with Crippen molar-refractivity contribution in [3.63, 3.8) is 0 Å². The summed E-state index contributed by atoms with van der Waals surface area (Å²) in [5.74, 6) is 2.16. The minimum atomic E-state index is -0.387. The van der Waals surface area contributed by atoms with Crippen molar-refractivity contribution >= 4 is 34.4 Å². The van der Waals surface area contributed by atoms with Crippen molar-refractivity contribution in [1.82, 2.24) is 35.4 Å². The van der Waals surface area contributed by atoms with E-state index in [1.54, 1.807) is 27.5 Å². The summed E-state index contributed by atoms with van der Waals surface area (Å²) < 4.78 is 19.6. The average Bonchev–Trinajstić information content (AvgIpc) is 3.73. The zero-order chi connectivity index (χ0) is 38.3. The minimum Gasteiger partial charge on any atom is -0.496 e. The van der Waals surface area contributed by atoms with Crippen LogP contribution in [-0.4, -0.2) is 84.3 Å². The molecule has 0 radical (unpaired) electrons. The first-order valence-electron chi connectivity index (χ1n) is 18.8. The molecule has 1 aliphatic carbocycles. The molecule has 55 heavy (non-hydrogen) atoms. The van der Waals surface area contributed by atoms with Crippen LogP contribution in [0.25, 0.3) is 39.1 Å². The summed E-state index contributed by atoms with van der Waals surface area (Å²) in [6.45, 7) is 5.22. The van der Waals surface area contributed by atoms with E-state index >= 15 is 0 Å². The van der Waals surface area contributed by atoms with Crippen molar-refractivity contribution in [3.05, 3.63) is 83.1 Å². The molecule has 286 valence electrons. The number of benzene rings is 2. The third-order valence-electron chi connectivity index (χ3n) is 10.9. The highest BCUT2D eigenvalue weighted by atomic mass is 35.5. The molecular formula is C42H46ClN7O5. The fourth-order valence-electron chi connectivity index (χ4n) is 7.83. The van der Waals surface area contributed by atoms with Crippen LogP contribution >= 0.6 is 11.6 Å². The number of nitrogens with zero attached hydrogens (tertiary/aromatic N) is 4. The van der Waals surface area contributed by atoms with Gasteiger partial charge in [-0.15, -0.1) is 0 Å². The Bertz CT molecular complexity index is 2240. The lowest BCUT2D eigenvalue weighted by molar-refractivity contribution is -0.140. The van der Waals surface area contributed by atoms with Crippen molar-refractivity contribution in [3.8, 4) is 45.5 Å². The number of likely N-dealkylation sites (tertiary alicyclic amines) is 1. The van der Waals surface area contributed by atoms with Gasteiger partial charge in [0.1, 0.15) is 17.1 Å². The molecule has 2 aromatic carbocycles. The summed E-state index contributed by atoms with van der Waals surface area (Å²) in [6.07, 6.45) is 7.35. The lowest BCUT2D eigenvalue weighted by Gasteiger charge is -2.47. The first-order valence-corrected chi connectivity index (χ1v) is 19.1. The van der Waals surface area contributed by atoms with Crippen LogP contribution in [-0.2, 0) is 22.7 Å². The normalized spacial score (nSPS) is 17.8. The van der Waals surface area contributed by atoms with Gasteiger partial charge in [0.15, 0.2) is 0 Å². The summed E-state index contributed by atoms with van der Waals surface area (Å²) in [5.41, 5.74) is 6.32. The van der Waals surface area contributed by atoms with Crippen molar-refractivity contribution in [2.45, 2.75) is 57.8 Å². The van der Waals surface area contributed by atoms with Crippen molar-refractivity contribution in [2.24, 2.45) is 5.41 Å². The number of rotatable bonds is 14. The molecule has 12 nitrogen and oxygen atoms in total. The fraction of sp³-hybridized carbons (Fsp3) is 0.381. The van der Waals surface area contributed by atoms with Crippen LogP contribution in [0, 0.1) is 5.41 Å². The number of fused-ring (bicyclic) bond motifs is 1. The molecule has 1 atom stereocenters. The molecule has 2 aliphatic heterocycles. The Labute approximate surface area is 325 Å². The highest BCUT2D eigenvalue weighted by Gasteiger charge is 2.46. The van der Waals surface area contributed by atoms with Gasteiger partial charge < -0.3 is 34.7 Å². The summed E-state index contributed by atoms with van der Waals surface area (Å²) in [4.78, 5) is 36.3. The Morgan fingerprint density at radius 1 is 0.982 bits per heavy atom. The molecule has 0 bridgehead atoms. The second-order valence-electron chi connectivity index (χ2n) is 15.0. The van der Waals surface area contributed by atoms with Gasteiger partial charge in [0.25, 0.3) is 0 Å².